The molecule has 21 heavy (non-hydrogen) atoms. The fraction of sp³-hybridized carbons (Fsp3) is 0.571. The van der Waals surface area contributed by atoms with Crippen molar-refractivity contribution < 1.29 is 17.2 Å². The predicted molar refractivity (Wildman–Crippen MR) is 74.2 cm³/mol. The minimum Gasteiger partial charge on any atom is -0.312 e. The molecule has 0 saturated carbocycles. The standard InChI is InChI=1S/C14H18F2N2O2S/c15-12-5-4-11(7-13(12)16)21(19,20)18-8-10-3-1-2-6-17-14(10)9-18/h4-5,7,10,14,17H,1-3,6,8-9H2. The van der Waals surface area contributed by atoms with E-state index in [1.807, 2.05) is 0 Å². The molecule has 1 N–H and O–H groups in total. The molecule has 0 aromatic heterocycles. The van der Waals surface area contributed by atoms with Gasteiger partial charge in [-0.05, 0) is 43.5 Å². The zero-order valence-corrected chi connectivity index (χ0v) is 12.4. The van der Waals surface area contributed by atoms with Crippen molar-refractivity contribution in [2.24, 2.45) is 5.92 Å². The van der Waals surface area contributed by atoms with Crippen LogP contribution in [0.3, 0.4) is 0 Å². The molecule has 4 nitrogen and oxygen atoms in total. The van der Waals surface area contributed by atoms with Crippen LogP contribution < -0.4 is 5.32 Å². The van der Waals surface area contributed by atoms with Gasteiger partial charge in [0, 0.05) is 19.1 Å². The molecule has 2 saturated heterocycles. The first-order valence-corrected chi connectivity index (χ1v) is 8.61. The van der Waals surface area contributed by atoms with E-state index in [-0.39, 0.29) is 10.9 Å². The third-order valence-corrected chi connectivity index (χ3v) is 6.17. The Hall–Kier alpha value is -1.05. The number of nitrogens with zero attached hydrogens (tertiary/aromatic N) is 1. The van der Waals surface area contributed by atoms with Gasteiger partial charge in [-0.25, -0.2) is 17.2 Å². The highest BCUT2D eigenvalue weighted by Gasteiger charge is 2.39. The molecule has 0 bridgehead atoms. The quantitative estimate of drug-likeness (QED) is 0.904. The van der Waals surface area contributed by atoms with Crippen LogP contribution in [0.4, 0.5) is 8.78 Å². The molecule has 2 aliphatic heterocycles. The van der Waals surface area contributed by atoms with E-state index >= 15 is 0 Å². The molecule has 2 fully saturated rings. The lowest BCUT2D eigenvalue weighted by Crippen LogP contribution is -2.36. The van der Waals surface area contributed by atoms with Crippen LogP contribution in [-0.2, 0) is 10.0 Å². The molecule has 0 aliphatic carbocycles. The first-order chi connectivity index (χ1) is 9.98. The van der Waals surface area contributed by atoms with E-state index in [4.69, 9.17) is 0 Å². The summed E-state index contributed by atoms with van der Waals surface area (Å²) in [5, 5.41) is 3.38. The highest BCUT2D eigenvalue weighted by molar-refractivity contribution is 7.89. The van der Waals surface area contributed by atoms with Crippen molar-refractivity contribution in [2.45, 2.75) is 30.2 Å². The Bertz CT molecular complexity index is 622. The maximum atomic E-state index is 13.3. The van der Waals surface area contributed by atoms with E-state index in [2.05, 4.69) is 5.32 Å². The van der Waals surface area contributed by atoms with E-state index in [0.29, 0.717) is 19.0 Å². The van der Waals surface area contributed by atoms with E-state index in [0.717, 1.165) is 44.0 Å². The van der Waals surface area contributed by atoms with Crippen molar-refractivity contribution in [3.8, 4) is 0 Å². The number of sulfonamides is 1. The summed E-state index contributed by atoms with van der Waals surface area (Å²) in [6.45, 7) is 1.74. The Morgan fingerprint density at radius 1 is 1.14 bits per heavy atom. The normalized spacial score (nSPS) is 27.3. The SMILES string of the molecule is O=S(=O)(c1ccc(F)c(F)c1)N1CC2CCCCNC2C1. The van der Waals surface area contributed by atoms with Gasteiger partial charge in [0.1, 0.15) is 0 Å². The van der Waals surface area contributed by atoms with Crippen LogP contribution in [0.1, 0.15) is 19.3 Å². The summed E-state index contributed by atoms with van der Waals surface area (Å²) in [7, 11) is -3.76. The summed E-state index contributed by atoms with van der Waals surface area (Å²) in [4.78, 5) is -0.183. The fourth-order valence-corrected chi connectivity index (χ4v) is 4.69. The Morgan fingerprint density at radius 2 is 1.95 bits per heavy atom. The van der Waals surface area contributed by atoms with E-state index < -0.39 is 21.7 Å². The Balaban J connectivity index is 1.84. The fourth-order valence-electron chi connectivity index (χ4n) is 3.16. The number of nitrogens with one attached hydrogen (secondary N) is 1. The summed E-state index contributed by atoms with van der Waals surface area (Å²) in [5.41, 5.74) is 0. The molecular formula is C14H18F2N2O2S. The van der Waals surface area contributed by atoms with Gasteiger partial charge in [0.15, 0.2) is 11.6 Å². The van der Waals surface area contributed by atoms with Crippen molar-refractivity contribution in [2.75, 3.05) is 19.6 Å². The van der Waals surface area contributed by atoms with Gasteiger partial charge in [0.2, 0.25) is 10.0 Å². The van der Waals surface area contributed by atoms with Gasteiger partial charge < -0.3 is 5.32 Å². The average Bonchev–Trinajstić information content (AvgIpc) is 2.74. The second-order valence-corrected chi connectivity index (χ2v) is 7.65. The molecule has 0 radical (unpaired) electrons. The Morgan fingerprint density at radius 3 is 2.71 bits per heavy atom. The number of fused-ring (bicyclic) bond motifs is 1. The maximum Gasteiger partial charge on any atom is 0.243 e. The number of benzene rings is 1. The Kier molecular flexibility index (Phi) is 3.98. The number of hydrogen-bond donors (Lipinski definition) is 1. The highest BCUT2D eigenvalue weighted by Crippen LogP contribution is 2.29. The van der Waals surface area contributed by atoms with Crippen LogP contribution in [0.2, 0.25) is 0 Å². The second-order valence-electron chi connectivity index (χ2n) is 5.71. The second kappa shape index (κ2) is 5.62. The lowest BCUT2D eigenvalue weighted by atomic mass is 9.99. The first kappa shape index (κ1) is 14.9. The minimum absolute atomic E-state index is 0.160. The molecule has 1 aromatic carbocycles. The van der Waals surface area contributed by atoms with Crippen LogP contribution >= 0.6 is 0 Å². The number of hydrogen-bond acceptors (Lipinski definition) is 3. The summed E-state index contributed by atoms with van der Waals surface area (Å²) >= 11 is 0. The molecule has 116 valence electrons. The molecule has 2 heterocycles. The van der Waals surface area contributed by atoms with Crippen LogP contribution in [0.15, 0.2) is 23.1 Å². The number of halogens is 2. The van der Waals surface area contributed by atoms with Gasteiger partial charge in [-0.3, -0.25) is 0 Å². The lowest BCUT2D eigenvalue weighted by Gasteiger charge is -2.17. The highest BCUT2D eigenvalue weighted by atomic mass is 32.2. The molecule has 2 atom stereocenters. The maximum absolute atomic E-state index is 13.3. The summed E-state index contributed by atoms with van der Waals surface area (Å²) in [6, 6.07) is 2.89. The lowest BCUT2D eigenvalue weighted by molar-refractivity contribution is 0.435. The predicted octanol–water partition coefficient (Wildman–Crippen LogP) is 1.73. The monoisotopic (exact) mass is 316 g/mol. The van der Waals surface area contributed by atoms with Crippen molar-refractivity contribution in [1.29, 1.82) is 0 Å². The van der Waals surface area contributed by atoms with Crippen LogP contribution in [0, 0.1) is 17.6 Å². The first-order valence-electron chi connectivity index (χ1n) is 7.17. The van der Waals surface area contributed by atoms with Crippen molar-refractivity contribution in [3.05, 3.63) is 29.8 Å². The van der Waals surface area contributed by atoms with Gasteiger partial charge in [-0.15, -0.1) is 0 Å². The van der Waals surface area contributed by atoms with Gasteiger partial charge >= 0.3 is 0 Å². The molecule has 2 aliphatic rings. The third-order valence-electron chi connectivity index (χ3n) is 4.34. The van der Waals surface area contributed by atoms with E-state index in [1.165, 1.54) is 4.31 Å². The molecule has 2 unspecified atom stereocenters. The largest absolute Gasteiger partial charge is 0.312 e. The van der Waals surface area contributed by atoms with Crippen LogP contribution in [-0.4, -0.2) is 38.4 Å². The number of rotatable bonds is 2. The third kappa shape index (κ3) is 2.82. The van der Waals surface area contributed by atoms with Crippen LogP contribution in [0.25, 0.3) is 0 Å². The molecule has 0 amide bonds. The van der Waals surface area contributed by atoms with Gasteiger partial charge in [0.25, 0.3) is 0 Å². The Labute approximate surface area is 123 Å². The van der Waals surface area contributed by atoms with E-state index in [1.54, 1.807) is 0 Å². The molecule has 7 heteroatoms. The topological polar surface area (TPSA) is 49.4 Å². The summed E-state index contributed by atoms with van der Waals surface area (Å²) in [5.74, 6) is -1.88. The smallest absolute Gasteiger partial charge is 0.243 e. The zero-order chi connectivity index (χ0) is 15.0. The summed E-state index contributed by atoms with van der Waals surface area (Å²) < 4.78 is 52.7. The van der Waals surface area contributed by atoms with Gasteiger partial charge in [0.05, 0.1) is 4.90 Å². The molecule has 3 rings (SSSR count). The average molecular weight is 316 g/mol. The molecule has 0 spiro atoms. The van der Waals surface area contributed by atoms with Crippen molar-refractivity contribution in [1.82, 2.24) is 9.62 Å². The van der Waals surface area contributed by atoms with Gasteiger partial charge in [-0.1, -0.05) is 6.42 Å². The van der Waals surface area contributed by atoms with Crippen molar-refractivity contribution >= 4 is 10.0 Å². The molecular weight excluding hydrogens is 298 g/mol. The van der Waals surface area contributed by atoms with Gasteiger partial charge in [-0.2, -0.15) is 4.31 Å². The van der Waals surface area contributed by atoms with E-state index in [9.17, 15) is 17.2 Å². The summed E-state index contributed by atoms with van der Waals surface area (Å²) in [6.07, 6.45) is 3.21. The molecule has 1 aromatic rings. The zero-order valence-electron chi connectivity index (χ0n) is 11.6. The van der Waals surface area contributed by atoms with Crippen molar-refractivity contribution in [3.63, 3.8) is 0 Å². The minimum atomic E-state index is -3.76. The van der Waals surface area contributed by atoms with Crippen LogP contribution in [0.5, 0.6) is 0 Å².